The number of benzene rings is 2. The number of carbonyl (C=O) groups excluding carboxylic acids is 1. The number of sulfonamides is 1. The number of amides is 1. The van der Waals surface area contributed by atoms with Crippen LogP contribution in [0.15, 0.2) is 36.4 Å². The molecule has 0 atom stereocenters. The Morgan fingerprint density at radius 1 is 1.12 bits per heavy atom. The molecule has 0 saturated heterocycles. The molecule has 41 heavy (non-hydrogen) atoms. The topological polar surface area (TPSA) is 163 Å². The highest BCUT2D eigenvalue weighted by atomic mass is 32.2. The number of hydrogen-bond acceptors (Lipinski definition) is 7. The van der Waals surface area contributed by atoms with Crippen molar-refractivity contribution < 1.29 is 40.3 Å². The lowest BCUT2D eigenvalue weighted by molar-refractivity contribution is -0.127. The van der Waals surface area contributed by atoms with Gasteiger partial charge in [0.15, 0.2) is 17.3 Å². The Bertz CT molecular complexity index is 1740. The summed E-state index contributed by atoms with van der Waals surface area (Å²) in [7, 11) is -3.76. The normalized spacial score (nSPS) is 12.0. The monoisotopic (exact) mass is 598 g/mol. The molecule has 2 heterocycles. The summed E-state index contributed by atoms with van der Waals surface area (Å²) in [6, 6.07) is 5.87. The number of anilines is 2. The van der Waals surface area contributed by atoms with Gasteiger partial charge in [0.25, 0.3) is 5.91 Å². The smallest absolute Gasteiger partial charge is 0.393 e. The number of aromatic nitrogens is 3. The number of fused-ring (bicyclic) bond motifs is 1. The third-order valence-electron chi connectivity index (χ3n) is 5.87. The predicted molar refractivity (Wildman–Crippen MR) is 141 cm³/mol. The molecule has 0 radical (unpaired) electrons. The highest BCUT2D eigenvalue weighted by Gasteiger charge is 2.30. The molecule has 0 fully saturated rings. The lowest BCUT2D eigenvalue weighted by atomic mass is 9.99. The summed E-state index contributed by atoms with van der Waals surface area (Å²) in [5, 5.41) is 18.9. The Morgan fingerprint density at radius 2 is 1.85 bits per heavy atom. The number of pyridine rings is 1. The molecule has 6 N–H and O–H groups in total. The van der Waals surface area contributed by atoms with Crippen molar-refractivity contribution in [2.75, 3.05) is 15.8 Å². The van der Waals surface area contributed by atoms with Crippen LogP contribution < -0.4 is 15.8 Å². The van der Waals surface area contributed by atoms with Crippen molar-refractivity contribution in [2.45, 2.75) is 32.5 Å². The zero-order chi connectivity index (χ0) is 30.1. The van der Waals surface area contributed by atoms with Crippen molar-refractivity contribution in [3.8, 4) is 17.0 Å². The van der Waals surface area contributed by atoms with Gasteiger partial charge in [0, 0.05) is 12.1 Å². The van der Waals surface area contributed by atoms with Crippen molar-refractivity contribution >= 4 is 38.3 Å². The van der Waals surface area contributed by atoms with Gasteiger partial charge in [-0.25, -0.2) is 22.2 Å². The van der Waals surface area contributed by atoms with Crippen LogP contribution in [0.2, 0.25) is 0 Å². The van der Waals surface area contributed by atoms with Crippen LogP contribution in [0.25, 0.3) is 22.2 Å². The molecule has 0 spiro atoms. The van der Waals surface area contributed by atoms with Crippen LogP contribution in [0.3, 0.4) is 0 Å². The van der Waals surface area contributed by atoms with Crippen molar-refractivity contribution in [3.05, 3.63) is 64.9 Å². The van der Waals surface area contributed by atoms with E-state index in [0.717, 1.165) is 12.1 Å². The maximum atomic E-state index is 14.3. The molecular formula is C25H23F5N6O4S. The van der Waals surface area contributed by atoms with Gasteiger partial charge in [-0.1, -0.05) is 6.92 Å². The van der Waals surface area contributed by atoms with Crippen molar-refractivity contribution in [1.29, 1.82) is 0 Å². The van der Waals surface area contributed by atoms with Crippen molar-refractivity contribution in [1.82, 2.24) is 15.2 Å². The van der Waals surface area contributed by atoms with E-state index in [0.29, 0.717) is 18.6 Å². The van der Waals surface area contributed by atoms with Crippen LogP contribution in [0, 0.1) is 11.6 Å². The first-order valence-electron chi connectivity index (χ1n) is 12.0. The molecule has 4 aromatic rings. The SMILES string of the molecule is CCCS(=O)(=O)Nc1ccc(F)cc1CNc1nc(-c2cc(F)c(O)cc2CC(F)(F)F)cc2[nH]nc(C(N)=O)c12. The minimum absolute atomic E-state index is 0.0300. The highest BCUT2D eigenvalue weighted by molar-refractivity contribution is 7.92. The summed E-state index contributed by atoms with van der Waals surface area (Å²) < 4.78 is 95.3. The first-order chi connectivity index (χ1) is 19.2. The van der Waals surface area contributed by atoms with E-state index in [2.05, 4.69) is 25.2 Å². The van der Waals surface area contributed by atoms with Crippen LogP contribution >= 0.6 is 0 Å². The number of halogens is 5. The molecule has 2 aromatic heterocycles. The predicted octanol–water partition coefficient (Wildman–Crippen LogP) is 4.58. The molecule has 0 aliphatic carbocycles. The molecular weight excluding hydrogens is 575 g/mol. The minimum atomic E-state index is -4.71. The Balaban J connectivity index is 1.83. The molecule has 0 bridgehead atoms. The standard InChI is InChI=1S/C25H23F5N6O4S/c1-2-5-41(39,40)36-17-4-3-14(26)6-13(17)11-32-24-21-19(34-35-22(21)23(31)38)9-18(33-24)15-8-16(27)20(37)7-12(15)10-25(28,29)30/h3-4,6-9,36-37H,2,5,10-11H2,1H3,(H2,31,38)(H,32,33)(H,34,35). The molecule has 218 valence electrons. The largest absolute Gasteiger partial charge is 0.505 e. The molecule has 1 amide bonds. The second-order valence-corrected chi connectivity index (χ2v) is 10.9. The third-order valence-corrected chi connectivity index (χ3v) is 7.35. The minimum Gasteiger partial charge on any atom is -0.505 e. The number of nitrogens with two attached hydrogens (primary N) is 1. The molecule has 0 saturated carbocycles. The maximum Gasteiger partial charge on any atom is 0.393 e. The average molecular weight is 599 g/mol. The van der Waals surface area contributed by atoms with Gasteiger partial charge in [-0.15, -0.1) is 0 Å². The number of phenolic OH excluding ortho intramolecular Hbond substituents is 1. The van der Waals surface area contributed by atoms with Crippen LogP contribution in [0.4, 0.5) is 33.5 Å². The van der Waals surface area contributed by atoms with Gasteiger partial charge in [-0.2, -0.15) is 18.3 Å². The van der Waals surface area contributed by atoms with E-state index in [4.69, 9.17) is 5.73 Å². The molecule has 0 aliphatic heterocycles. The highest BCUT2D eigenvalue weighted by Crippen LogP contribution is 2.36. The fourth-order valence-corrected chi connectivity index (χ4v) is 5.34. The molecule has 2 aromatic carbocycles. The van der Waals surface area contributed by atoms with Gasteiger partial charge in [-0.05, 0) is 53.9 Å². The van der Waals surface area contributed by atoms with Crippen LogP contribution in [0.5, 0.6) is 5.75 Å². The molecule has 0 unspecified atom stereocenters. The van der Waals surface area contributed by atoms with E-state index in [1.807, 2.05) is 0 Å². The van der Waals surface area contributed by atoms with Crippen molar-refractivity contribution in [3.63, 3.8) is 0 Å². The first-order valence-corrected chi connectivity index (χ1v) is 13.6. The van der Waals surface area contributed by atoms with E-state index in [1.54, 1.807) is 6.92 Å². The number of H-pyrrole nitrogens is 1. The second-order valence-electron chi connectivity index (χ2n) is 9.04. The van der Waals surface area contributed by atoms with Gasteiger partial charge in [0.2, 0.25) is 10.0 Å². The summed E-state index contributed by atoms with van der Waals surface area (Å²) >= 11 is 0. The van der Waals surface area contributed by atoms with Crippen molar-refractivity contribution in [2.24, 2.45) is 5.73 Å². The number of nitrogens with zero attached hydrogens (tertiary/aromatic N) is 2. The molecule has 16 heteroatoms. The quantitative estimate of drug-likeness (QED) is 0.167. The van der Waals surface area contributed by atoms with Crippen LogP contribution in [0.1, 0.15) is 35.0 Å². The Kier molecular flexibility index (Phi) is 8.05. The lowest BCUT2D eigenvalue weighted by Crippen LogP contribution is -2.18. The number of primary amides is 1. The third kappa shape index (κ3) is 6.82. The van der Waals surface area contributed by atoms with E-state index < -0.39 is 51.5 Å². The van der Waals surface area contributed by atoms with Crippen LogP contribution in [-0.4, -0.2) is 46.5 Å². The number of phenols is 1. The number of hydrogen-bond donors (Lipinski definition) is 5. The number of alkyl halides is 3. The van der Waals surface area contributed by atoms with E-state index >= 15 is 0 Å². The Labute approximate surface area is 229 Å². The second kappa shape index (κ2) is 11.2. The number of nitrogens with one attached hydrogen (secondary N) is 3. The zero-order valence-electron chi connectivity index (χ0n) is 21.2. The van der Waals surface area contributed by atoms with Crippen LogP contribution in [-0.2, 0) is 23.0 Å². The van der Waals surface area contributed by atoms with Gasteiger partial charge in [0.05, 0.1) is 34.5 Å². The lowest BCUT2D eigenvalue weighted by Gasteiger charge is -2.16. The van der Waals surface area contributed by atoms with Gasteiger partial charge < -0.3 is 16.2 Å². The number of aromatic hydroxyl groups is 1. The summed E-state index contributed by atoms with van der Waals surface area (Å²) in [4.78, 5) is 16.3. The fourth-order valence-electron chi connectivity index (χ4n) is 4.17. The fraction of sp³-hybridized carbons (Fsp3) is 0.240. The van der Waals surface area contributed by atoms with E-state index in [9.17, 15) is 40.3 Å². The van der Waals surface area contributed by atoms with E-state index in [-0.39, 0.29) is 57.2 Å². The number of aromatic amines is 1. The summed E-state index contributed by atoms with van der Waals surface area (Å²) in [5.41, 5.74) is 4.41. The molecule has 4 rings (SSSR count). The number of carbonyl (C=O) groups is 1. The number of rotatable bonds is 10. The van der Waals surface area contributed by atoms with Gasteiger partial charge >= 0.3 is 6.18 Å². The molecule has 0 aliphatic rings. The average Bonchev–Trinajstić information content (AvgIpc) is 3.29. The zero-order valence-corrected chi connectivity index (χ0v) is 22.1. The summed E-state index contributed by atoms with van der Waals surface area (Å²) in [6.45, 7) is 1.38. The van der Waals surface area contributed by atoms with Gasteiger partial charge in [-0.3, -0.25) is 14.6 Å². The molecule has 10 nitrogen and oxygen atoms in total. The maximum absolute atomic E-state index is 14.3. The summed E-state index contributed by atoms with van der Waals surface area (Å²) in [6.07, 6.45) is -5.90. The first kappa shape index (κ1) is 29.5. The Morgan fingerprint density at radius 3 is 2.51 bits per heavy atom. The van der Waals surface area contributed by atoms with Gasteiger partial charge in [0.1, 0.15) is 11.6 Å². The summed E-state index contributed by atoms with van der Waals surface area (Å²) in [5.74, 6) is -4.20. The Hall–Kier alpha value is -4.47. The van der Waals surface area contributed by atoms with E-state index in [1.165, 1.54) is 12.1 Å².